The lowest BCUT2D eigenvalue weighted by Crippen LogP contribution is -2.60. The third-order valence-corrected chi connectivity index (χ3v) is 10.5. The van der Waals surface area contributed by atoms with E-state index in [9.17, 15) is 37.2 Å². The number of anilines is 1. The van der Waals surface area contributed by atoms with Gasteiger partial charge in [0.2, 0.25) is 21.8 Å². The molecular formula is C33H45N5O11S. The summed E-state index contributed by atoms with van der Waals surface area (Å²) < 4.78 is 42.9. The molecule has 1 aromatic rings. The van der Waals surface area contributed by atoms with Gasteiger partial charge in [0.15, 0.2) is 0 Å². The number of likely N-dealkylation sites (tertiary alicyclic amines) is 1. The van der Waals surface area contributed by atoms with Crippen LogP contribution in [0.25, 0.3) is 0 Å². The highest BCUT2D eigenvalue weighted by Gasteiger charge is 2.62. The number of carbonyl (C=O) groups excluding carboxylic acids is 6. The number of alkyl carbamates (subject to hydrolysis) is 1. The Labute approximate surface area is 291 Å². The zero-order chi connectivity index (χ0) is 37.0. The van der Waals surface area contributed by atoms with Gasteiger partial charge in [-0.25, -0.2) is 22.8 Å². The Hall–Kier alpha value is -4.67. The zero-order valence-corrected chi connectivity index (χ0v) is 29.6. The van der Waals surface area contributed by atoms with Crippen LogP contribution in [0.2, 0.25) is 0 Å². The van der Waals surface area contributed by atoms with Crippen LogP contribution in [0.1, 0.15) is 70.7 Å². The highest BCUT2D eigenvalue weighted by Crippen LogP contribution is 2.45. The first-order chi connectivity index (χ1) is 23.5. The third kappa shape index (κ3) is 8.73. The van der Waals surface area contributed by atoms with Crippen LogP contribution >= 0.6 is 0 Å². The molecule has 4 rings (SSSR count). The maximum Gasteiger partial charge on any atom is 0.411 e. The molecule has 0 radical (unpaired) electrons. The van der Waals surface area contributed by atoms with Crippen molar-refractivity contribution in [2.24, 2.45) is 11.3 Å². The molecular weight excluding hydrogens is 674 g/mol. The van der Waals surface area contributed by atoms with Crippen LogP contribution in [0.5, 0.6) is 0 Å². The second-order valence-electron chi connectivity index (χ2n) is 13.5. The van der Waals surface area contributed by atoms with Gasteiger partial charge < -0.3 is 29.7 Å². The van der Waals surface area contributed by atoms with Crippen molar-refractivity contribution < 1.29 is 51.4 Å². The van der Waals surface area contributed by atoms with E-state index in [0.29, 0.717) is 12.8 Å². The summed E-state index contributed by atoms with van der Waals surface area (Å²) in [4.78, 5) is 80.6. The molecule has 5 amide bonds. The van der Waals surface area contributed by atoms with Crippen molar-refractivity contribution in [1.82, 2.24) is 20.3 Å². The minimum Gasteiger partial charge on any atom is -0.462 e. The van der Waals surface area contributed by atoms with Crippen molar-refractivity contribution in [3.05, 3.63) is 42.5 Å². The molecule has 17 heteroatoms. The Balaban J connectivity index is 1.59. The molecule has 2 aliphatic carbocycles. The van der Waals surface area contributed by atoms with E-state index in [4.69, 9.17) is 14.2 Å². The topological polar surface area (TPSA) is 216 Å². The Morgan fingerprint density at radius 3 is 2.28 bits per heavy atom. The van der Waals surface area contributed by atoms with Crippen LogP contribution in [-0.4, -0.2) is 97.9 Å². The summed E-state index contributed by atoms with van der Waals surface area (Å²) in [7, 11) is -3.94. The second kappa shape index (κ2) is 15.1. The van der Waals surface area contributed by atoms with Gasteiger partial charge in [-0.3, -0.25) is 24.4 Å². The van der Waals surface area contributed by atoms with Gasteiger partial charge in [-0.2, -0.15) is 0 Å². The molecule has 5 atom stereocenters. The fourth-order valence-corrected chi connectivity index (χ4v) is 7.13. The lowest BCUT2D eigenvalue weighted by atomic mass is 9.85. The monoisotopic (exact) mass is 719 g/mol. The van der Waals surface area contributed by atoms with Crippen LogP contribution < -0.4 is 20.7 Å². The molecule has 1 aromatic carbocycles. The van der Waals surface area contributed by atoms with Gasteiger partial charge in [0.05, 0.1) is 36.3 Å². The molecule has 0 bridgehead atoms. The average Bonchev–Trinajstić information content (AvgIpc) is 3.96. The van der Waals surface area contributed by atoms with Gasteiger partial charge in [-0.1, -0.05) is 39.0 Å². The van der Waals surface area contributed by atoms with E-state index in [-0.39, 0.29) is 43.9 Å². The average molecular weight is 720 g/mol. The molecule has 4 N–H and O–H groups in total. The molecule has 1 heterocycles. The fourth-order valence-electron chi connectivity index (χ4n) is 5.77. The SMILES string of the molecule is C=CC1CC1(NC(=O)C1CC(OC(=O)Nc2ccccc2C(=O)OCC)CN1C(=O)C(NC(=O)OCC)C(C)(C)C)C(=O)NS(=O)(=O)C1CC1. The number of amides is 5. The normalized spacial score (nSPS) is 23.5. The molecule has 0 spiro atoms. The van der Waals surface area contributed by atoms with E-state index >= 15 is 0 Å². The summed E-state index contributed by atoms with van der Waals surface area (Å²) in [5.41, 5.74) is -2.31. The number of rotatable bonds is 13. The van der Waals surface area contributed by atoms with Crippen LogP contribution in [0.4, 0.5) is 15.3 Å². The van der Waals surface area contributed by atoms with Gasteiger partial charge in [0.1, 0.15) is 23.7 Å². The Morgan fingerprint density at radius 2 is 1.70 bits per heavy atom. The number of benzene rings is 1. The summed E-state index contributed by atoms with van der Waals surface area (Å²) in [5, 5.41) is 7.04. The molecule has 16 nitrogen and oxygen atoms in total. The lowest BCUT2D eigenvalue weighted by Gasteiger charge is -2.35. The largest absolute Gasteiger partial charge is 0.462 e. The molecule has 50 heavy (non-hydrogen) atoms. The van der Waals surface area contributed by atoms with Crippen molar-refractivity contribution in [3.63, 3.8) is 0 Å². The standard InChI is InChI=1S/C33H45N5O11S/c1-7-19-17-33(19,29(42)37-50(45,46)21-14-15-21)36-26(39)24-16-20(18-38(24)27(40)25(32(4,5)6)35-30(43)48-9-3)49-31(44)34-23-13-11-10-12-22(23)28(41)47-8-2/h7,10-13,19-21,24-25H,1,8-9,14-18H2,2-6H3,(H,34,44)(H,35,43)(H,36,39)(H,37,42). The summed E-state index contributed by atoms with van der Waals surface area (Å²) in [5.74, 6) is -3.65. The molecule has 0 aromatic heterocycles. The zero-order valence-electron chi connectivity index (χ0n) is 28.8. The van der Waals surface area contributed by atoms with Crippen molar-refractivity contribution >= 4 is 51.6 Å². The first-order valence-corrected chi connectivity index (χ1v) is 18.0. The summed E-state index contributed by atoms with van der Waals surface area (Å²) in [6, 6.07) is 3.62. The second-order valence-corrected chi connectivity index (χ2v) is 15.5. The molecule has 2 saturated carbocycles. The summed E-state index contributed by atoms with van der Waals surface area (Å²) in [6.45, 7) is 11.9. The molecule has 274 valence electrons. The highest BCUT2D eigenvalue weighted by molar-refractivity contribution is 7.91. The maximum absolute atomic E-state index is 14.1. The Kier molecular flexibility index (Phi) is 11.5. The predicted octanol–water partition coefficient (Wildman–Crippen LogP) is 2.21. The fraction of sp³-hybridized carbons (Fsp3) is 0.576. The number of carbonyl (C=O) groups is 6. The predicted molar refractivity (Wildman–Crippen MR) is 179 cm³/mol. The van der Waals surface area contributed by atoms with Gasteiger partial charge >= 0.3 is 18.2 Å². The first-order valence-electron chi connectivity index (χ1n) is 16.5. The number of nitrogens with zero attached hydrogens (tertiary/aromatic N) is 1. The van der Waals surface area contributed by atoms with Crippen molar-refractivity contribution in [2.45, 2.75) is 89.3 Å². The van der Waals surface area contributed by atoms with Crippen LogP contribution in [-0.2, 0) is 38.6 Å². The first kappa shape index (κ1) is 38.1. The van der Waals surface area contributed by atoms with E-state index in [0.717, 1.165) is 4.90 Å². The van der Waals surface area contributed by atoms with E-state index in [1.54, 1.807) is 46.8 Å². The van der Waals surface area contributed by atoms with Crippen LogP contribution in [0, 0.1) is 11.3 Å². The molecule has 5 unspecified atom stereocenters. The number of esters is 1. The highest BCUT2D eigenvalue weighted by atomic mass is 32.2. The number of para-hydroxylation sites is 1. The van der Waals surface area contributed by atoms with E-state index in [1.165, 1.54) is 18.2 Å². The summed E-state index contributed by atoms with van der Waals surface area (Å²) in [6.07, 6.45) is -0.746. The van der Waals surface area contributed by atoms with Gasteiger partial charge in [0, 0.05) is 12.3 Å². The lowest BCUT2D eigenvalue weighted by molar-refractivity contribution is -0.142. The minimum atomic E-state index is -3.94. The summed E-state index contributed by atoms with van der Waals surface area (Å²) >= 11 is 0. The quantitative estimate of drug-likeness (QED) is 0.132. The van der Waals surface area contributed by atoms with Crippen molar-refractivity contribution in [2.75, 3.05) is 25.1 Å². The van der Waals surface area contributed by atoms with Crippen molar-refractivity contribution in [1.29, 1.82) is 0 Å². The van der Waals surface area contributed by atoms with Gasteiger partial charge in [-0.05, 0) is 50.7 Å². The third-order valence-electron chi connectivity index (χ3n) is 8.68. The Bertz CT molecular complexity index is 1640. The van der Waals surface area contributed by atoms with Crippen LogP contribution in [0.15, 0.2) is 36.9 Å². The maximum atomic E-state index is 14.1. The molecule has 1 saturated heterocycles. The van der Waals surface area contributed by atoms with Gasteiger partial charge in [0.25, 0.3) is 5.91 Å². The van der Waals surface area contributed by atoms with E-state index < -0.39 is 86.2 Å². The number of nitrogens with one attached hydrogen (secondary N) is 4. The van der Waals surface area contributed by atoms with Crippen molar-refractivity contribution in [3.8, 4) is 0 Å². The number of sulfonamides is 1. The van der Waals surface area contributed by atoms with Crippen LogP contribution in [0.3, 0.4) is 0 Å². The van der Waals surface area contributed by atoms with E-state index in [2.05, 4.69) is 27.3 Å². The van der Waals surface area contributed by atoms with Gasteiger partial charge in [-0.15, -0.1) is 6.58 Å². The smallest absolute Gasteiger partial charge is 0.411 e. The Morgan fingerprint density at radius 1 is 1.04 bits per heavy atom. The minimum absolute atomic E-state index is 0.0427. The molecule has 3 aliphatic rings. The number of hydrogen-bond acceptors (Lipinski definition) is 11. The molecule has 1 aliphatic heterocycles. The molecule has 3 fully saturated rings. The number of ether oxygens (including phenoxy) is 3. The number of hydrogen-bond donors (Lipinski definition) is 4. The van der Waals surface area contributed by atoms with E-state index in [1.807, 2.05) is 0 Å².